The molecular formula is C24H28ClN3O4S2. The Kier molecular flexibility index (Phi) is 7.89. The predicted octanol–water partition coefficient (Wildman–Crippen LogP) is 5.20. The lowest BCUT2D eigenvalue weighted by Crippen LogP contribution is -2.37. The van der Waals surface area contributed by atoms with Crippen molar-refractivity contribution in [3.8, 4) is 0 Å². The van der Waals surface area contributed by atoms with Crippen molar-refractivity contribution in [1.29, 1.82) is 0 Å². The van der Waals surface area contributed by atoms with Crippen LogP contribution in [0.3, 0.4) is 0 Å². The maximum absolute atomic E-state index is 13.6. The Morgan fingerprint density at radius 1 is 1.24 bits per heavy atom. The molecule has 1 unspecified atom stereocenters. The van der Waals surface area contributed by atoms with E-state index in [0.29, 0.717) is 40.9 Å². The minimum absolute atomic E-state index is 0.0710. The number of amides is 1. The third-order valence-electron chi connectivity index (χ3n) is 5.88. The lowest BCUT2D eigenvalue weighted by Gasteiger charge is -2.23. The molecule has 10 heteroatoms. The number of benzene rings is 2. The van der Waals surface area contributed by atoms with E-state index in [0.717, 1.165) is 30.4 Å². The van der Waals surface area contributed by atoms with Gasteiger partial charge in [-0.05, 0) is 55.7 Å². The fourth-order valence-electron chi connectivity index (χ4n) is 3.86. The van der Waals surface area contributed by atoms with Gasteiger partial charge < -0.3 is 4.74 Å². The van der Waals surface area contributed by atoms with E-state index < -0.39 is 10.0 Å². The molecule has 1 atom stereocenters. The summed E-state index contributed by atoms with van der Waals surface area (Å²) >= 11 is 7.71. The fraction of sp³-hybridized carbons (Fsp3) is 0.417. The molecule has 4 rings (SSSR count). The zero-order valence-corrected chi connectivity index (χ0v) is 21.6. The summed E-state index contributed by atoms with van der Waals surface area (Å²) < 4.78 is 33.7. The quantitative estimate of drug-likeness (QED) is 0.387. The second-order valence-electron chi connectivity index (χ2n) is 8.34. The smallest absolute Gasteiger partial charge is 0.260 e. The second kappa shape index (κ2) is 10.7. The van der Waals surface area contributed by atoms with Crippen molar-refractivity contribution in [2.45, 2.75) is 43.6 Å². The molecule has 0 bridgehead atoms. The molecule has 7 nitrogen and oxygen atoms in total. The van der Waals surface area contributed by atoms with Crippen molar-refractivity contribution >= 4 is 54.2 Å². The average Bonchev–Trinajstić information content (AvgIpc) is 3.51. The van der Waals surface area contributed by atoms with E-state index in [-0.39, 0.29) is 16.9 Å². The van der Waals surface area contributed by atoms with Crippen molar-refractivity contribution < 1.29 is 17.9 Å². The van der Waals surface area contributed by atoms with Crippen LogP contribution in [-0.2, 0) is 14.8 Å². The Morgan fingerprint density at radius 2 is 2.00 bits per heavy atom. The summed E-state index contributed by atoms with van der Waals surface area (Å²) in [5, 5.41) is 1.07. The van der Waals surface area contributed by atoms with E-state index in [1.54, 1.807) is 30.1 Å². The van der Waals surface area contributed by atoms with Gasteiger partial charge in [0.2, 0.25) is 10.0 Å². The van der Waals surface area contributed by atoms with Crippen molar-refractivity contribution in [3.63, 3.8) is 0 Å². The number of sulfonamides is 1. The number of carbonyl (C=O) groups is 1. The summed E-state index contributed by atoms with van der Waals surface area (Å²) in [6, 6.07) is 11.7. The molecule has 0 radical (unpaired) electrons. The summed E-state index contributed by atoms with van der Waals surface area (Å²) in [7, 11) is -2.03. The Balaban J connectivity index is 1.62. The highest BCUT2D eigenvalue weighted by Gasteiger charge is 2.28. The molecule has 1 aliphatic heterocycles. The summed E-state index contributed by atoms with van der Waals surface area (Å²) in [5.41, 5.74) is 1.05. The Morgan fingerprint density at radius 3 is 2.65 bits per heavy atom. The van der Waals surface area contributed by atoms with E-state index in [1.165, 1.54) is 27.8 Å². The maximum atomic E-state index is 13.6. The first kappa shape index (κ1) is 25.1. The number of ether oxygens (including phenoxy) is 1. The number of halogens is 1. The number of aromatic nitrogens is 1. The molecule has 1 fully saturated rings. The minimum atomic E-state index is -3.60. The van der Waals surface area contributed by atoms with Gasteiger partial charge in [0.1, 0.15) is 5.52 Å². The van der Waals surface area contributed by atoms with Crippen LogP contribution < -0.4 is 4.90 Å². The zero-order chi connectivity index (χ0) is 24.3. The molecule has 2 heterocycles. The molecule has 0 N–H and O–H groups in total. The Labute approximate surface area is 209 Å². The summed E-state index contributed by atoms with van der Waals surface area (Å²) in [6.45, 7) is 3.52. The number of rotatable bonds is 9. The first-order chi connectivity index (χ1) is 16.3. The highest BCUT2D eigenvalue weighted by molar-refractivity contribution is 7.89. The topological polar surface area (TPSA) is 79.8 Å². The minimum Gasteiger partial charge on any atom is -0.376 e. The van der Waals surface area contributed by atoms with Crippen molar-refractivity contribution in [1.82, 2.24) is 9.29 Å². The van der Waals surface area contributed by atoms with Crippen molar-refractivity contribution in [2.75, 3.05) is 31.6 Å². The molecule has 3 aromatic rings. The van der Waals surface area contributed by atoms with Crippen LogP contribution in [0.4, 0.5) is 5.13 Å². The number of anilines is 1. The van der Waals surface area contributed by atoms with Crippen LogP contribution >= 0.6 is 22.9 Å². The van der Waals surface area contributed by atoms with Gasteiger partial charge in [0.25, 0.3) is 5.91 Å². The number of thiazole rings is 1. The maximum Gasteiger partial charge on any atom is 0.260 e. The molecule has 1 aromatic heterocycles. The number of hydrogen-bond acceptors (Lipinski definition) is 6. The first-order valence-corrected chi connectivity index (χ1v) is 14.0. The molecule has 182 valence electrons. The largest absolute Gasteiger partial charge is 0.376 e. The third-order valence-corrected chi connectivity index (χ3v) is 9.10. The second-order valence-corrected chi connectivity index (χ2v) is 11.8. The number of unbranched alkanes of at least 4 members (excludes halogenated alkanes) is 1. The van der Waals surface area contributed by atoms with E-state index in [9.17, 15) is 13.2 Å². The van der Waals surface area contributed by atoms with Crippen LogP contribution in [0.25, 0.3) is 10.2 Å². The number of nitrogens with zero attached hydrogens (tertiary/aromatic N) is 3. The van der Waals surface area contributed by atoms with Gasteiger partial charge in [-0.1, -0.05) is 42.3 Å². The van der Waals surface area contributed by atoms with E-state index in [2.05, 4.69) is 4.98 Å². The van der Waals surface area contributed by atoms with Gasteiger partial charge in [-0.2, -0.15) is 0 Å². The highest BCUT2D eigenvalue weighted by Crippen LogP contribution is 2.34. The molecule has 0 spiro atoms. The number of para-hydroxylation sites is 1. The standard InChI is InChI=1S/C24H28ClN3O4S2/c1-3-4-14-27(2)34(30,31)19-12-10-17(11-13-19)23(29)28(16-18-7-6-15-32-18)24-26-22-20(25)8-5-9-21(22)33-24/h5,8-13,18H,3-4,6-7,14-16H2,1-2H3. The summed E-state index contributed by atoms with van der Waals surface area (Å²) in [6.07, 6.45) is 3.45. The Bertz CT molecular complexity index is 1250. The van der Waals surface area contributed by atoms with Gasteiger partial charge in [-0.15, -0.1) is 0 Å². The fourth-order valence-corrected chi connectivity index (χ4v) is 6.35. The molecule has 1 saturated heterocycles. The van der Waals surface area contributed by atoms with Crippen LogP contribution in [0, 0.1) is 0 Å². The Hall–Kier alpha value is -2.04. The SMILES string of the molecule is CCCCN(C)S(=O)(=O)c1ccc(C(=O)N(CC2CCCO2)c2nc3c(Cl)cccc3s2)cc1. The molecule has 2 aromatic carbocycles. The van der Waals surface area contributed by atoms with Gasteiger partial charge in [-0.3, -0.25) is 9.69 Å². The number of hydrogen-bond donors (Lipinski definition) is 0. The van der Waals surface area contributed by atoms with Crippen LogP contribution in [-0.4, -0.2) is 56.5 Å². The number of fused-ring (bicyclic) bond motifs is 1. The molecule has 0 saturated carbocycles. The van der Waals surface area contributed by atoms with Crippen molar-refractivity contribution in [2.24, 2.45) is 0 Å². The van der Waals surface area contributed by atoms with Gasteiger partial charge in [0, 0.05) is 25.8 Å². The average molecular weight is 522 g/mol. The van der Waals surface area contributed by atoms with E-state index in [4.69, 9.17) is 16.3 Å². The molecule has 1 amide bonds. The third kappa shape index (κ3) is 5.28. The van der Waals surface area contributed by atoms with E-state index >= 15 is 0 Å². The van der Waals surface area contributed by atoms with E-state index in [1.807, 2.05) is 19.1 Å². The lowest BCUT2D eigenvalue weighted by atomic mass is 10.2. The molecular weight excluding hydrogens is 494 g/mol. The van der Waals surface area contributed by atoms with Gasteiger partial charge >= 0.3 is 0 Å². The normalized spacial score (nSPS) is 16.4. The first-order valence-electron chi connectivity index (χ1n) is 11.4. The van der Waals surface area contributed by atoms with Gasteiger partial charge in [0.05, 0.1) is 27.3 Å². The molecule has 1 aliphatic rings. The monoisotopic (exact) mass is 521 g/mol. The highest BCUT2D eigenvalue weighted by atomic mass is 35.5. The zero-order valence-electron chi connectivity index (χ0n) is 19.2. The number of carbonyl (C=O) groups excluding carboxylic acids is 1. The van der Waals surface area contributed by atoms with Crippen LogP contribution in [0.1, 0.15) is 43.0 Å². The molecule has 0 aliphatic carbocycles. The summed E-state index contributed by atoms with van der Waals surface area (Å²) in [4.78, 5) is 20.0. The van der Waals surface area contributed by atoms with Crippen LogP contribution in [0.15, 0.2) is 47.4 Å². The summed E-state index contributed by atoms with van der Waals surface area (Å²) in [5.74, 6) is -0.256. The predicted molar refractivity (Wildman–Crippen MR) is 136 cm³/mol. The van der Waals surface area contributed by atoms with Gasteiger partial charge in [-0.25, -0.2) is 17.7 Å². The van der Waals surface area contributed by atoms with Crippen LogP contribution in [0.2, 0.25) is 5.02 Å². The van der Waals surface area contributed by atoms with Crippen LogP contribution in [0.5, 0.6) is 0 Å². The lowest BCUT2D eigenvalue weighted by molar-refractivity contribution is 0.0917. The van der Waals surface area contributed by atoms with Crippen molar-refractivity contribution in [3.05, 3.63) is 53.1 Å². The molecule has 34 heavy (non-hydrogen) atoms. The van der Waals surface area contributed by atoms with Gasteiger partial charge in [0.15, 0.2) is 5.13 Å².